The summed E-state index contributed by atoms with van der Waals surface area (Å²) in [7, 11) is 0. The summed E-state index contributed by atoms with van der Waals surface area (Å²) >= 11 is 7.29. The minimum atomic E-state index is 0.227. The highest BCUT2D eigenvalue weighted by Crippen LogP contribution is 2.29. The molecule has 0 unspecified atom stereocenters. The number of nitrogens with two attached hydrogens (primary N) is 1. The topological polar surface area (TPSA) is 107 Å². The van der Waals surface area contributed by atoms with Crippen LogP contribution in [0.2, 0.25) is 5.02 Å². The van der Waals surface area contributed by atoms with Crippen LogP contribution in [0.3, 0.4) is 0 Å². The molecule has 0 aliphatic rings. The highest BCUT2D eigenvalue weighted by atomic mass is 35.5. The van der Waals surface area contributed by atoms with Crippen molar-refractivity contribution >= 4 is 29.3 Å². The second-order valence-electron chi connectivity index (χ2n) is 3.73. The van der Waals surface area contributed by atoms with Crippen LogP contribution in [-0.2, 0) is 0 Å². The Morgan fingerprint density at radius 1 is 1.19 bits per heavy atom. The van der Waals surface area contributed by atoms with Crippen LogP contribution in [0.15, 0.2) is 47.0 Å². The summed E-state index contributed by atoms with van der Waals surface area (Å²) < 4.78 is 1.51. The van der Waals surface area contributed by atoms with Gasteiger partial charge in [-0.3, -0.25) is 5.43 Å². The van der Waals surface area contributed by atoms with E-state index in [9.17, 15) is 0 Å². The molecular weight excluding hydrogens is 312 g/mol. The van der Waals surface area contributed by atoms with Crippen molar-refractivity contribution in [2.45, 2.75) is 10.2 Å². The molecule has 21 heavy (non-hydrogen) atoms. The zero-order valence-electron chi connectivity index (χ0n) is 10.5. The van der Waals surface area contributed by atoms with Gasteiger partial charge in [-0.2, -0.15) is 20.1 Å². The lowest BCUT2D eigenvalue weighted by Crippen LogP contribution is -2.14. The van der Waals surface area contributed by atoms with E-state index in [1.54, 1.807) is 36.8 Å². The van der Waals surface area contributed by atoms with Gasteiger partial charge in [0, 0.05) is 18.6 Å². The summed E-state index contributed by atoms with van der Waals surface area (Å²) in [6.45, 7) is 0. The molecule has 0 saturated carbocycles. The number of anilines is 1. The second-order valence-corrected chi connectivity index (χ2v) is 5.09. The molecule has 0 atom stereocenters. The second kappa shape index (κ2) is 6.04. The van der Waals surface area contributed by atoms with Crippen molar-refractivity contribution in [3.63, 3.8) is 0 Å². The van der Waals surface area contributed by atoms with Gasteiger partial charge < -0.3 is 0 Å². The summed E-state index contributed by atoms with van der Waals surface area (Å²) in [5.41, 5.74) is 2.40. The van der Waals surface area contributed by atoms with E-state index in [-0.39, 0.29) is 5.95 Å². The standard InChI is InChI=1S/C11H9ClN8S/c12-7-3-1-4-14-8(7)21-11-17-9(19-13)16-10(18-11)20-6-2-5-15-20/h1-6H,13H2,(H,16,17,18,19). The molecule has 3 N–H and O–H groups in total. The molecule has 8 nitrogen and oxygen atoms in total. The van der Waals surface area contributed by atoms with E-state index < -0.39 is 0 Å². The van der Waals surface area contributed by atoms with Gasteiger partial charge in [0.05, 0.1) is 5.02 Å². The predicted octanol–water partition coefficient (Wildman–Crippen LogP) is 1.54. The van der Waals surface area contributed by atoms with Crippen molar-refractivity contribution in [1.82, 2.24) is 29.7 Å². The van der Waals surface area contributed by atoms with Crippen LogP contribution in [0.1, 0.15) is 0 Å². The molecule has 0 radical (unpaired) electrons. The highest BCUT2D eigenvalue weighted by Gasteiger charge is 2.11. The first-order chi connectivity index (χ1) is 10.3. The number of hydrogen-bond acceptors (Lipinski definition) is 8. The minimum Gasteiger partial charge on any atom is -0.292 e. The normalized spacial score (nSPS) is 10.6. The zero-order chi connectivity index (χ0) is 14.7. The van der Waals surface area contributed by atoms with E-state index in [1.807, 2.05) is 0 Å². The molecule has 10 heteroatoms. The van der Waals surface area contributed by atoms with Crippen LogP contribution >= 0.6 is 23.4 Å². The number of aromatic nitrogens is 6. The Labute approximate surface area is 128 Å². The first kappa shape index (κ1) is 13.7. The average Bonchev–Trinajstić information content (AvgIpc) is 3.04. The summed E-state index contributed by atoms with van der Waals surface area (Å²) in [5.74, 6) is 5.95. The van der Waals surface area contributed by atoms with Crippen molar-refractivity contribution in [3.8, 4) is 5.95 Å². The number of pyridine rings is 1. The Morgan fingerprint density at radius 2 is 2.10 bits per heavy atom. The molecule has 0 bridgehead atoms. The van der Waals surface area contributed by atoms with E-state index in [0.717, 1.165) is 0 Å². The highest BCUT2D eigenvalue weighted by molar-refractivity contribution is 7.99. The van der Waals surface area contributed by atoms with Crippen molar-refractivity contribution in [2.24, 2.45) is 5.84 Å². The molecule has 0 saturated heterocycles. The first-order valence-corrected chi connectivity index (χ1v) is 6.97. The van der Waals surface area contributed by atoms with Crippen LogP contribution in [0.4, 0.5) is 5.95 Å². The third kappa shape index (κ3) is 3.10. The van der Waals surface area contributed by atoms with Gasteiger partial charge in [0.2, 0.25) is 11.1 Å². The van der Waals surface area contributed by atoms with Gasteiger partial charge in [-0.15, -0.1) is 0 Å². The maximum atomic E-state index is 6.07. The van der Waals surface area contributed by atoms with Gasteiger partial charge in [-0.25, -0.2) is 15.5 Å². The van der Waals surface area contributed by atoms with E-state index >= 15 is 0 Å². The van der Waals surface area contributed by atoms with Crippen molar-refractivity contribution in [1.29, 1.82) is 0 Å². The van der Waals surface area contributed by atoms with Crippen LogP contribution in [0.5, 0.6) is 0 Å². The van der Waals surface area contributed by atoms with Gasteiger partial charge in [0.25, 0.3) is 5.95 Å². The van der Waals surface area contributed by atoms with E-state index in [2.05, 4.69) is 30.5 Å². The molecular formula is C11H9ClN8S. The molecule has 0 aliphatic carbocycles. The van der Waals surface area contributed by atoms with Gasteiger partial charge in [-0.05, 0) is 30.0 Å². The molecule has 0 aromatic carbocycles. The van der Waals surface area contributed by atoms with Crippen LogP contribution < -0.4 is 11.3 Å². The Kier molecular flexibility index (Phi) is 3.95. The number of halogens is 1. The van der Waals surface area contributed by atoms with E-state index in [4.69, 9.17) is 17.4 Å². The Hall–Kier alpha value is -2.23. The lowest BCUT2D eigenvalue weighted by molar-refractivity contribution is 0.760. The molecule has 3 rings (SSSR count). The fourth-order valence-corrected chi connectivity index (χ4v) is 2.43. The maximum Gasteiger partial charge on any atom is 0.256 e. The lowest BCUT2D eigenvalue weighted by Gasteiger charge is -2.06. The van der Waals surface area contributed by atoms with Gasteiger partial charge >= 0.3 is 0 Å². The third-order valence-electron chi connectivity index (χ3n) is 2.35. The van der Waals surface area contributed by atoms with Gasteiger partial charge in [-0.1, -0.05) is 11.6 Å². The van der Waals surface area contributed by atoms with Crippen molar-refractivity contribution < 1.29 is 0 Å². The number of nitrogens with one attached hydrogen (secondary N) is 1. The van der Waals surface area contributed by atoms with Crippen LogP contribution in [0, 0.1) is 0 Å². The first-order valence-electron chi connectivity index (χ1n) is 5.77. The summed E-state index contributed by atoms with van der Waals surface area (Å²) in [6.07, 6.45) is 4.99. The molecule has 0 aliphatic heterocycles. The monoisotopic (exact) mass is 320 g/mol. The minimum absolute atomic E-state index is 0.227. The number of nitrogen functional groups attached to an aromatic ring is 1. The van der Waals surface area contributed by atoms with Crippen LogP contribution in [0.25, 0.3) is 5.95 Å². The lowest BCUT2D eigenvalue weighted by atomic mass is 10.5. The molecule has 3 aromatic heterocycles. The number of hydrazine groups is 1. The molecule has 3 heterocycles. The fourth-order valence-electron chi connectivity index (χ4n) is 1.48. The van der Waals surface area contributed by atoms with Crippen molar-refractivity contribution in [2.75, 3.05) is 5.43 Å². The fraction of sp³-hybridized carbons (Fsp3) is 0. The smallest absolute Gasteiger partial charge is 0.256 e. The summed E-state index contributed by atoms with van der Waals surface area (Å²) in [4.78, 5) is 16.8. The quantitative estimate of drug-likeness (QED) is 0.550. The Bertz CT molecular complexity index is 748. The predicted molar refractivity (Wildman–Crippen MR) is 78.1 cm³/mol. The SMILES string of the molecule is NNc1nc(Sc2ncccc2Cl)nc(-n2cccn2)n1. The van der Waals surface area contributed by atoms with Gasteiger partial charge in [0.15, 0.2) is 0 Å². The number of rotatable bonds is 4. The van der Waals surface area contributed by atoms with Crippen LogP contribution in [-0.4, -0.2) is 29.7 Å². The maximum absolute atomic E-state index is 6.07. The van der Waals surface area contributed by atoms with E-state index in [1.165, 1.54) is 16.4 Å². The largest absolute Gasteiger partial charge is 0.292 e. The zero-order valence-corrected chi connectivity index (χ0v) is 12.1. The molecule has 106 valence electrons. The Balaban J connectivity index is 1.99. The average molecular weight is 321 g/mol. The van der Waals surface area contributed by atoms with E-state index in [0.29, 0.717) is 21.2 Å². The number of hydrogen-bond donors (Lipinski definition) is 2. The summed E-state index contributed by atoms with van der Waals surface area (Å²) in [5, 5.41) is 5.59. The Morgan fingerprint density at radius 3 is 2.81 bits per heavy atom. The molecule has 0 fully saturated rings. The van der Waals surface area contributed by atoms with Gasteiger partial charge in [0.1, 0.15) is 5.03 Å². The third-order valence-corrected chi connectivity index (χ3v) is 3.66. The molecule has 0 amide bonds. The van der Waals surface area contributed by atoms with Crippen molar-refractivity contribution in [3.05, 3.63) is 41.8 Å². The number of nitrogens with zero attached hydrogens (tertiary/aromatic N) is 6. The molecule has 3 aromatic rings. The molecule has 0 spiro atoms. The summed E-state index contributed by atoms with van der Waals surface area (Å²) in [6, 6.07) is 5.26.